The van der Waals surface area contributed by atoms with E-state index in [1.165, 1.54) is 20.0 Å². The summed E-state index contributed by atoms with van der Waals surface area (Å²) < 4.78 is 4.88. The molecule has 2 nitrogen and oxygen atoms in total. The highest BCUT2D eigenvalue weighted by molar-refractivity contribution is 5.41. The number of ether oxygens (including phenoxy) is 1. The van der Waals surface area contributed by atoms with Crippen LogP contribution < -0.4 is 4.74 Å². The summed E-state index contributed by atoms with van der Waals surface area (Å²) in [6, 6.07) is 5.24. The van der Waals surface area contributed by atoms with Gasteiger partial charge in [0.05, 0.1) is 7.11 Å². The molecule has 1 aliphatic rings. The quantitative estimate of drug-likeness (QED) is 0.776. The van der Waals surface area contributed by atoms with Gasteiger partial charge in [0.1, 0.15) is 0 Å². The van der Waals surface area contributed by atoms with Gasteiger partial charge in [0.15, 0.2) is 11.5 Å². The van der Waals surface area contributed by atoms with Crippen LogP contribution in [0, 0.1) is 12.8 Å². The molecule has 0 bridgehead atoms. The van der Waals surface area contributed by atoms with E-state index >= 15 is 0 Å². The summed E-state index contributed by atoms with van der Waals surface area (Å²) in [5.74, 6) is 1.80. The van der Waals surface area contributed by atoms with Crippen molar-refractivity contribution in [2.45, 2.75) is 40.5 Å². The maximum absolute atomic E-state index is 9.11. The summed E-state index contributed by atoms with van der Waals surface area (Å²) in [6.45, 7) is 8.22. The van der Waals surface area contributed by atoms with Crippen molar-refractivity contribution < 1.29 is 9.84 Å². The number of aryl methyl sites for hydroxylation is 1. The zero-order valence-corrected chi connectivity index (χ0v) is 11.1. The number of hydrogen-bond acceptors (Lipinski definition) is 2. The van der Waals surface area contributed by atoms with Crippen molar-refractivity contribution in [2.75, 3.05) is 7.11 Å². The second kappa shape index (κ2) is 8.03. The van der Waals surface area contributed by atoms with Crippen molar-refractivity contribution in [2.24, 2.45) is 5.92 Å². The number of hydrogen-bond donors (Lipinski definition) is 1. The maximum atomic E-state index is 9.11. The molecule has 0 aliphatic heterocycles. The molecule has 0 heterocycles. The highest BCUT2D eigenvalue weighted by Gasteiger charge is 2.12. The van der Waals surface area contributed by atoms with Gasteiger partial charge in [-0.3, -0.25) is 0 Å². The molecule has 0 aromatic heterocycles. The molecule has 92 valence electrons. The fraction of sp³-hybridized carbons (Fsp3) is 0.571. The predicted octanol–water partition coefficient (Wildman–Crippen LogP) is 4.15. The van der Waals surface area contributed by atoms with E-state index in [0.717, 1.165) is 11.5 Å². The number of benzene rings is 1. The molecule has 0 amide bonds. The third kappa shape index (κ3) is 6.33. The lowest BCUT2D eigenvalue weighted by Gasteiger charge is -2.02. The molecule has 1 fully saturated rings. The van der Waals surface area contributed by atoms with Gasteiger partial charge in [0.25, 0.3) is 0 Å². The Morgan fingerprint density at radius 2 is 1.75 bits per heavy atom. The highest BCUT2D eigenvalue weighted by atomic mass is 16.5. The fourth-order valence-electron chi connectivity index (χ4n) is 0.952. The Labute approximate surface area is 99.3 Å². The molecule has 2 heteroatoms. The highest BCUT2D eigenvalue weighted by Crippen LogP contribution is 2.26. The Morgan fingerprint density at radius 3 is 2.06 bits per heavy atom. The first-order valence-electron chi connectivity index (χ1n) is 5.97. The Balaban J connectivity index is 0.000000311. The van der Waals surface area contributed by atoms with Crippen LogP contribution in [0.15, 0.2) is 18.2 Å². The van der Waals surface area contributed by atoms with E-state index < -0.39 is 0 Å². The summed E-state index contributed by atoms with van der Waals surface area (Å²) in [5.41, 5.74) is 1.08. The van der Waals surface area contributed by atoms with Crippen molar-refractivity contribution in [1.29, 1.82) is 0 Å². The minimum absolute atomic E-state index is 0.188. The van der Waals surface area contributed by atoms with Gasteiger partial charge in [-0.2, -0.15) is 0 Å². The molecule has 1 saturated carbocycles. The topological polar surface area (TPSA) is 29.5 Å². The molecule has 16 heavy (non-hydrogen) atoms. The number of rotatable bonds is 1. The Bertz CT molecular complexity index is 291. The average Bonchev–Trinajstić information content (AvgIpc) is 3.08. The third-order valence-corrected chi connectivity index (χ3v) is 2.20. The van der Waals surface area contributed by atoms with Crippen LogP contribution in [0.5, 0.6) is 11.5 Å². The molecule has 1 N–H and O–H groups in total. The first-order chi connectivity index (χ1) is 7.63. The van der Waals surface area contributed by atoms with Crippen LogP contribution in [0.25, 0.3) is 0 Å². The SMILES string of the molecule is CC.CC1CC1.COc1cc(C)ccc1O. The molecule has 0 spiro atoms. The zero-order valence-electron chi connectivity index (χ0n) is 11.1. The van der Waals surface area contributed by atoms with Crippen LogP contribution in [0.2, 0.25) is 0 Å². The first kappa shape index (κ1) is 14.8. The molecule has 0 unspecified atom stereocenters. The summed E-state index contributed by atoms with van der Waals surface area (Å²) in [5, 5.41) is 9.11. The minimum Gasteiger partial charge on any atom is -0.504 e. The Morgan fingerprint density at radius 1 is 1.25 bits per heavy atom. The van der Waals surface area contributed by atoms with Gasteiger partial charge >= 0.3 is 0 Å². The number of methoxy groups -OCH3 is 1. The molecule has 0 atom stereocenters. The van der Waals surface area contributed by atoms with E-state index in [4.69, 9.17) is 9.84 Å². The van der Waals surface area contributed by atoms with Crippen molar-refractivity contribution in [3.05, 3.63) is 23.8 Å². The first-order valence-corrected chi connectivity index (χ1v) is 5.97. The predicted molar refractivity (Wildman–Crippen MR) is 69.1 cm³/mol. The summed E-state index contributed by atoms with van der Waals surface area (Å²) in [6.07, 6.45) is 2.97. The van der Waals surface area contributed by atoms with Gasteiger partial charge in [-0.05, 0) is 30.5 Å². The maximum Gasteiger partial charge on any atom is 0.160 e. The summed E-state index contributed by atoms with van der Waals surface area (Å²) in [7, 11) is 1.54. The smallest absolute Gasteiger partial charge is 0.160 e. The largest absolute Gasteiger partial charge is 0.504 e. The van der Waals surface area contributed by atoms with Crippen molar-refractivity contribution in [3.8, 4) is 11.5 Å². The number of aromatic hydroxyl groups is 1. The van der Waals surface area contributed by atoms with E-state index in [1.54, 1.807) is 12.1 Å². The van der Waals surface area contributed by atoms with Gasteiger partial charge in [-0.15, -0.1) is 0 Å². The minimum atomic E-state index is 0.188. The van der Waals surface area contributed by atoms with Crippen LogP contribution in [-0.4, -0.2) is 12.2 Å². The van der Waals surface area contributed by atoms with Crippen LogP contribution in [0.4, 0.5) is 0 Å². The van der Waals surface area contributed by atoms with E-state index in [0.29, 0.717) is 5.75 Å². The molecule has 2 rings (SSSR count). The van der Waals surface area contributed by atoms with Crippen molar-refractivity contribution in [1.82, 2.24) is 0 Å². The summed E-state index contributed by atoms with van der Waals surface area (Å²) >= 11 is 0. The molecule has 0 saturated heterocycles. The van der Waals surface area contributed by atoms with Gasteiger partial charge in [0.2, 0.25) is 0 Å². The molecule has 0 radical (unpaired) electrons. The lowest BCUT2D eigenvalue weighted by molar-refractivity contribution is 0.373. The average molecular weight is 224 g/mol. The third-order valence-electron chi connectivity index (χ3n) is 2.20. The van der Waals surface area contributed by atoms with Gasteiger partial charge in [-0.25, -0.2) is 0 Å². The van der Waals surface area contributed by atoms with Crippen molar-refractivity contribution in [3.63, 3.8) is 0 Å². The van der Waals surface area contributed by atoms with E-state index in [1.807, 2.05) is 26.8 Å². The molecule has 1 aliphatic carbocycles. The molecule has 1 aromatic carbocycles. The van der Waals surface area contributed by atoms with E-state index in [2.05, 4.69) is 6.92 Å². The van der Waals surface area contributed by atoms with E-state index in [-0.39, 0.29) is 5.75 Å². The zero-order chi connectivity index (χ0) is 12.6. The lowest BCUT2D eigenvalue weighted by atomic mass is 10.2. The van der Waals surface area contributed by atoms with Crippen LogP contribution in [-0.2, 0) is 0 Å². The lowest BCUT2D eigenvalue weighted by Crippen LogP contribution is -1.83. The van der Waals surface area contributed by atoms with Gasteiger partial charge in [0, 0.05) is 0 Å². The Kier molecular flexibility index (Phi) is 7.44. The van der Waals surface area contributed by atoms with Crippen LogP contribution >= 0.6 is 0 Å². The standard InChI is InChI=1S/C8H10O2.C4H8.C2H6/c1-6-3-4-7(9)8(5-6)10-2;1-4-2-3-4;1-2/h3-5,9H,1-2H3;4H,2-3H2,1H3;1-2H3. The van der Waals surface area contributed by atoms with Crippen molar-refractivity contribution >= 4 is 0 Å². The van der Waals surface area contributed by atoms with Gasteiger partial charge in [-0.1, -0.05) is 39.7 Å². The summed E-state index contributed by atoms with van der Waals surface area (Å²) in [4.78, 5) is 0. The number of phenols is 1. The van der Waals surface area contributed by atoms with Crippen LogP contribution in [0.1, 0.15) is 39.2 Å². The van der Waals surface area contributed by atoms with E-state index in [9.17, 15) is 0 Å². The van der Waals surface area contributed by atoms with Crippen LogP contribution in [0.3, 0.4) is 0 Å². The van der Waals surface area contributed by atoms with Gasteiger partial charge < -0.3 is 9.84 Å². The monoisotopic (exact) mass is 224 g/mol. The second-order valence-electron chi connectivity index (χ2n) is 3.86. The molecular weight excluding hydrogens is 200 g/mol. The normalized spacial score (nSPS) is 12.8. The molecular formula is C14H24O2. The fourth-order valence-corrected chi connectivity index (χ4v) is 0.952. The number of phenolic OH excluding ortho intramolecular Hbond substituents is 1. The Hall–Kier alpha value is -1.18. The second-order valence-corrected chi connectivity index (χ2v) is 3.86. The molecule has 1 aromatic rings.